The molecule has 0 radical (unpaired) electrons. The van der Waals surface area contributed by atoms with Gasteiger partial charge in [0.15, 0.2) is 0 Å². The van der Waals surface area contributed by atoms with Crippen LogP contribution < -0.4 is 14.5 Å². The van der Waals surface area contributed by atoms with Crippen molar-refractivity contribution in [1.29, 1.82) is 5.26 Å². The maximum atomic E-state index is 12.1. The SMILES string of the molecule is CC(=O)NC[C@H]1CN(c2ccc3c(c2)CS(=O)(=O)N3CC#N)C(=O)O1. The molecule has 0 aromatic heterocycles. The van der Waals surface area contributed by atoms with Crippen LogP contribution in [-0.4, -0.2) is 46.2 Å². The Kier molecular flexibility index (Phi) is 4.26. The number of nitrogens with zero attached hydrogens (tertiary/aromatic N) is 3. The number of rotatable bonds is 4. The molecule has 0 aliphatic carbocycles. The van der Waals surface area contributed by atoms with E-state index in [4.69, 9.17) is 10.00 Å². The number of nitriles is 1. The van der Waals surface area contributed by atoms with E-state index in [0.717, 1.165) is 4.31 Å². The molecular formula is C15H16N4O5S. The first kappa shape index (κ1) is 17.0. The number of sulfonamides is 1. The van der Waals surface area contributed by atoms with Gasteiger partial charge in [0, 0.05) is 12.6 Å². The van der Waals surface area contributed by atoms with Crippen LogP contribution in [-0.2, 0) is 25.3 Å². The van der Waals surface area contributed by atoms with Crippen molar-refractivity contribution in [1.82, 2.24) is 5.32 Å². The lowest BCUT2D eigenvalue weighted by molar-refractivity contribution is -0.119. The predicted molar refractivity (Wildman–Crippen MR) is 88.3 cm³/mol. The van der Waals surface area contributed by atoms with Crippen molar-refractivity contribution in [3.05, 3.63) is 23.8 Å². The molecule has 10 heteroatoms. The third kappa shape index (κ3) is 3.23. The van der Waals surface area contributed by atoms with E-state index in [1.807, 2.05) is 6.07 Å². The third-order valence-electron chi connectivity index (χ3n) is 3.98. The molecule has 2 heterocycles. The minimum atomic E-state index is -3.56. The van der Waals surface area contributed by atoms with Crippen LogP contribution in [0.1, 0.15) is 12.5 Å². The van der Waals surface area contributed by atoms with E-state index in [-0.39, 0.29) is 31.3 Å². The number of hydrogen-bond donors (Lipinski definition) is 1. The summed E-state index contributed by atoms with van der Waals surface area (Å²) in [5.41, 5.74) is 1.50. The summed E-state index contributed by atoms with van der Waals surface area (Å²) < 4.78 is 30.5. The van der Waals surface area contributed by atoms with Gasteiger partial charge in [-0.15, -0.1) is 0 Å². The number of carbonyl (C=O) groups is 2. The number of fused-ring (bicyclic) bond motifs is 1. The van der Waals surface area contributed by atoms with Crippen LogP contribution in [0.25, 0.3) is 0 Å². The van der Waals surface area contributed by atoms with Gasteiger partial charge in [-0.2, -0.15) is 5.26 Å². The Balaban J connectivity index is 1.81. The zero-order valence-corrected chi connectivity index (χ0v) is 14.2. The lowest BCUT2D eigenvalue weighted by Gasteiger charge is -2.16. The second-order valence-electron chi connectivity index (χ2n) is 5.79. The van der Waals surface area contributed by atoms with Crippen LogP contribution in [0.5, 0.6) is 0 Å². The summed E-state index contributed by atoms with van der Waals surface area (Å²) >= 11 is 0. The third-order valence-corrected chi connectivity index (χ3v) is 5.66. The molecular weight excluding hydrogens is 348 g/mol. The van der Waals surface area contributed by atoms with Gasteiger partial charge in [-0.05, 0) is 23.8 Å². The fourth-order valence-corrected chi connectivity index (χ4v) is 4.38. The van der Waals surface area contributed by atoms with E-state index in [2.05, 4.69) is 5.32 Å². The number of cyclic esters (lactones) is 1. The van der Waals surface area contributed by atoms with Gasteiger partial charge in [0.25, 0.3) is 0 Å². The molecule has 2 aliphatic rings. The van der Waals surface area contributed by atoms with Gasteiger partial charge in [-0.1, -0.05) is 0 Å². The van der Waals surface area contributed by atoms with Crippen LogP contribution in [0.2, 0.25) is 0 Å². The highest BCUT2D eigenvalue weighted by molar-refractivity contribution is 7.92. The van der Waals surface area contributed by atoms with Gasteiger partial charge < -0.3 is 10.1 Å². The first-order chi connectivity index (χ1) is 11.8. The van der Waals surface area contributed by atoms with E-state index in [1.165, 1.54) is 11.8 Å². The van der Waals surface area contributed by atoms with Gasteiger partial charge in [0.1, 0.15) is 12.6 Å². The molecule has 1 aromatic rings. The van der Waals surface area contributed by atoms with E-state index in [0.29, 0.717) is 16.9 Å². The molecule has 0 bridgehead atoms. The van der Waals surface area contributed by atoms with Crippen LogP contribution in [0, 0.1) is 11.3 Å². The molecule has 3 rings (SSSR count). The average Bonchev–Trinajstić information content (AvgIpc) is 3.02. The van der Waals surface area contributed by atoms with E-state index < -0.39 is 22.2 Å². The highest BCUT2D eigenvalue weighted by atomic mass is 32.2. The van der Waals surface area contributed by atoms with Gasteiger partial charge in [0.05, 0.1) is 30.6 Å². The zero-order chi connectivity index (χ0) is 18.2. The molecule has 25 heavy (non-hydrogen) atoms. The van der Waals surface area contributed by atoms with Crippen molar-refractivity contribution in [2.45, 2.75) is 18.8 Å². The largest absolute Gasteiger partial charge is 0.442 e. The maximum Gasteiger partial charge on any atom is 0.414 e. The predicted octanol–water partition coefficient (Wildman–Crippen LogP) is 0.321. The molecule has 1 N–H and O–H groups in total. The molecule has 0 spiro atoms. The van der Waals surface area contributed by atoms with E-state index in [9.17, 15) is 18.0 Å². The molecule has 132 valence electrons. The van der Waals surface area contributed by atoms with Crippen molar-refractivity contribution >= 4 is 33.4 Å². The number of anilines is 2. The normalized spacial score (nSPS) is 20.8. The lowest BCUT2D eigenvalue weighted by Crippen LogP contribution is -2.33. The molecule has 2 aliphatic heterocycles. The Morgan fingerprint density at radius 1 is 1.48 bits per heavy atom. The Hall–Kier alpha value is -2.80. The summed E-state index contributed by atoms with van der Waals surface area (Å²) in [6.45, 7) is 1.60. The summed E-state index contributed by atoms with van der Waals surface area (Å²) in [7, 11) is -3.56. The highest BCUT2D eigenvalue weighted by Crippen LogP contribution is 2.36. The standard InChI is InChI=1S/C15H16N4O5S/c1-10(20)17-7-13-8-18(15(21)24-13)12-2-3-14-11(6-12)9-25(22,23)19(14)5-4-16/h2-3,6,13H,5,7-9H2,1H3,(H,17,20)/t13-/m0/s1. The molecule has 1 fully saturated rings. The smallest absolute Gasteiger partial charge is 0.414 e. The second kappa shape index (κ2) is 6.25. The highest BCUT2D eigenvalue weighted by Gasteiger charge is 2.36. The van der Waals surface area contributed by atoms with Crippen molar-refractivity contribution in [2.75, 3.05) is 28.8 Å². The number of amides is 2. The van der Waals surface area contributed by atoms with Crippen molar-refractivity contribution < 1.29 is 22.7 Å². The second-order valence-corrected chi connectivity index (χ2v) is 7.68. The molecule has 0 unspecified atom stereocenters. The van der Waals surface area contributed by atoms with Crippen molar-refractivity contribution in [3.8, 4) is 6.07 Å². The minimum Gasteiger partial charge on any atom is -0.442 e. The van der Waals surface area contributed by atoms with Crippen LogP contribution in [0.3, 0.4) is 0 Å². The van der Waals surface area contributed by atoms with Crippen molar-refractivity contribution in [2.24, 2.45) is 0 Å². The Morgan fingerprint density at radius 3 is 2.92 bits per heavy atom. The molecule has 1 aromatic carbocycles. The monoisotopic (exact) mass is 364 g/mol. The maximum absolute atomic E-state index is 12.1. The van der Waals surface area contributed by atoms with Gasteiger partial charge in [-0.25, -0.2) is 13.2 Å². The first-order valence-electron chi connectivity index (χ1n) is 7.54. The quantitative estimate of drug-likeness (QED) is 0.769. The summed E-state index contributed by atoms with van der Waals surface area (Å²) in [6.07, 6.45) is -1.02. The fraction of sp³-hybridized carbons (Fsp3) is 0.400. The summed E-state index contributed by atoms with van der Waals surface area (Å²) in [5, 5.41) is 11.4. The summed E-state index contributed by atoms with van der Waals surface area (Å²) in [5.74, 6) is -0.425. The molecule has 2 amide bonds. The number of carbonyl (C=O) groups excluding carboxylic acids is 2. The summed E-state index contributed by atoms with van der Waals surface area (Å²) in [6, 6.07) is 6.66. The van der Waals surface area contributed by atoms with Crippen LogP contribution in [0.15, 0.2) is 18.2 Å². The topological polar surface area (TPSA) is 120 Å². The van der Waals surface area contributed by atoms with Crippen molar-refractivity contribution in [3.63, 3.8) is 0 Å². The Bertz CT molecular complexity index is 876. The van der Waals surface area contributed by atoms with E-state index in [1.54, 1.807) is 18.2 Å². The minimum absolute atomic E-state index is 0.212. The van der Waals surface area contributed by atoms with Crippen LogP contribution in [0.4, 0.5) is 16.2 Å². The van der Waals surface area contributed by atoms with Gasteiger partial charge in [0.2, 0.25) is 15.9 Å². The first-order valence-corrected chi connectivity index (χ1v) is 9.15. The molecule has 9 nitrogen and oxygen atoms in total. The number of hydrogen-bond acceptors (Lipinski definition) is 6. The Morgan fingerprint density at radius 2 is 2.24 bits per heavy atom. The lowest BCUT2D eigenvalue weighted by atomic mass is 10.1. The van der Waals surface area contributed by atoms with Gasteiger partial charge >= 0.3 is 6.09 Å². The summed E-state index contributed by atoms with van der Waals surface area (Å²) in [4.78, 5) is 24.4. The zero-order valence-electron chi connectivity index (χ0n) is 13.4. The van der Waals surface area contributed by atoms with Crippen LogP contribution >= 0.6 is 0 Å². The molecule has 0 saturated carbocycles. The van der Waals surface area contributed by atoms with Gasteiger partial charge in [-0.3, -0.25) is 14.0 Å². The Labute approximate surface area is 144 Å². The van der Waals surface area contributed by atoms with E-state index >= 15 is 0 Å². The number of nitrogens with one attached hydrogen (secondary N) is 1. The number of ether oxygens (including phenoxy) is 1. The molecule has 1 atom stereocenters. The number of benzene rings is 1. The average molecular weight is 364 g/mol. The molecule has 1 saturated heterocycles. The fourth-order valence-electron chi connectivity index (χ4n) is 2.87.